The van der Waals surface area contributed by atoms with E-state index in [4.69, 9.17) is 16.7 Å². The summed E-state index contributed by atoms with van der Waals surface area (Å²) in [6.45, 7) is 1.63. The van der Waals surface area contributed by atoms with Gasteiger partial charge in [0.05, 0.1) is 10.4 Å². The highest BCUT2D eigenvalue weighted by molar-refractivity contribution is 7.90. The molecule has 0 fully saturated rings. The van der Waals surface area contributed by atoms with Crippen LogP contribution >= 0.6 is 22.9 Å². The molecule has 1 aromatic heterocycles. The Morgan fingerprint density at radius 2 is 2.25 bits per heavy atom. The average Bonchev–Trinajstić information content (AvgIpc) is 2.47. The molecule has 0 amide bonds. The molecule has 0 saturated carbocycles. The zero-order chi connectivity index (χ0) is 12.3. The van der Waals surface area contributed by atoms with Gasteiger partial charge in [-0.25, -0.2) is 13.1 Å². The van der Waals surface area contributed by atoms with Crippen LogP contribution in [0.15, 0.2) is 12.1 Å². The van der Waals surface area contributed by atoms with E-state index in [-0.39, 0.29) is 0 Å². The molecule has 1 unspecified atom stereocenters. The maximum absolute atomic E-state index is 11.3. The van der Waals surface area contributed by atoms with E-state index in [0.29, 0.717) is 4.34 Å². The van der Waals surface area contributed by atoms with Crippen molar-refractivity contribution in [3.8, 4) is 0 Å². The molecule has 5 nitrogen and oxygen atoms in total. The Bertz CT molecular complexity index is 482. The Morgan fingerprint density at radius 1 is 1.62 bits per heavy atom. The third-order valence-corrected chi connectivity index (χ3v) is 4.44. The van der Waals surface area contributed by atoms with E-state index in [9.17, 15) is 13.2 Å². The van der Waals surface area contributed by atoms with Crippen LogP contribution in [0.4, 0.5) is 0 Å². The van der Waals surface area contributed by atoms with Gasteiger partial charge in [0.2, 0.25) is 10.0 Å². The van der Waals surface area contributed by atoms with Crippen LogP contribution in [0.3, 0.4) is 0 Å². The van der Waals surface area contributed by atoms with Crippen LogP contribution in [0, 0.1) is 0 Å². The number of hydrogen-bond acceptors (Lipinski definition) is 4. The predicted octanol–water partition coefficient (Wildman–Crippen LogP) is 1.47. The molecule has 0 aliphatic rings. The average molecular weight is 284 g/mol. The number of nitrogens with one attached hydrogen (secondary N) is 1. The summed E-state index contributed by atoms with van der Waals surface area (Å²) in [5.41, 5.74) is 0. The maximum atomic E-state index is 11.3. The SMILES string of the molecule is CC(NS(=O)(=O)CC(=O)O)c1ccc(Cl)s1. The first-order valence-electron chi connectivity index (χ1n) is 4.27. The Kier molecular flexibility index (Phi) is 4.31. The van der Waals surface area contributed by atoms with Crippen molar-refractivity contribution in [1.29, 1.82) is 0 Å². The van der Waals surface area contributed by atoms with Gasteiger partial charge in [0.25, 0.3) is 0 Å². The number of thiophene rings is 1. The van der Waals surface area contributed by atoms with Gasteiger partial charge in [-0.1, -0.05) is 11.6 Å². The van der Waals surface area contributed by atoms with E-state index in [0.717, 1.165) is 4.88 Å². The second-order valence-electron chi connectivity index (χ2n) is 3.13. The van der Waals surface area contributed by atoms with Crippen molar-refractivity contribution in [2.75, 3.05) is 5.75 Å². The molecule has 16 heavy (non-hydrogen) atoms. The first kappa shape index (κ1) is 13.4. The van der Waals surface area contributed by atoms with Crippen molar-refractivity contribution in [2.45, 2.75) is 13.0 Å². The Labute approximate surface area is 102 Å². The normalized spacial score (nSPS) is 13.6. The Morgan fingerprint density at radius 3 is 2.69 bits per heavy atom. The van der Waals surface area contributed by atoms with E-state index in [1.165, 1.54) is 11.3 Å². The van der Waals surface area contributed by atoms with Gasteiger partial charge in [-0.15, -0.1) is 11.3 Å². The fourth-order valence-corrected chi connectivity index (χ4v) is 3.30. The minimum Gasteiger partial charge on any atom is -0.480 e. The van der Waals surface area contributed by atoms with Crippen LogP contribution in [-0.4, -0.2) is 25.2 Å². The van der Waals surface area contributed by atoms with Crippen LogP contribution in [0.5, 0.6) is 0 Å². The highest BCUT2D eigenvalue weighted by Gasteiger charge is 2.20. The topological polar surface area (TPSA) is 83.5 Å². The number of halogens is 1. The van der Waals surface area contributed by atoms with Crippen molar-refractivity contribution in [3.05, 3.63) is 21.3 Å². The predicted molar refractivity (Wildman–Crippen MR) is 62.3 cm³/mol. The number of carboxylic acids is 1. The van der Waals surface area contributed by atoms with Gasteiger partial charge in [0, 0.05) is 4.88 Å². The second kappa shape index (κ2) is 5.13. The molecule has 0 spiro atoms. The van der Waals surface area contributed by atoms with Crippen molar-refractivity contribution in [3.63, 3.8) is 0 Å². The Hall–Kier alpha value is -0.630. The quantitative estimate of drug-likeness (QED) is 0.857. The number of sulfonamides is 1. The van der Waals surface area contributed by atoms with Crippen molar-refractivity contribution < 1.29 is 18.3 Å². The summed E-state index contributed by atoms with van der Waals surface area (Å²) >= 11 is 6.95. The first-order valence-corrected chi connectivity index (χ1v) is 7.12. The first-order chi connectivity index (χ1) is 7.30. The number of rotatable bonds is 5. The molecule has 1 atom stereocenters. The van der Waals surface area contributed by atoms with Gasteiger partial charge in [0.15, 0.2) is 5.75 Å². The van der Waals surface area contributed by atoms with Gasteiger partial charge in [-0.05, 0) is 19.1 Å². The second-order valence-corrected chi connectivity index (χ2v) is 6.63. The summed E-state index contributed by atoms with van der Waals surface area (Å²) in [7, 11) is -3.80. The highest BCUT2D eigenvalue weighted by atomic mass is 35.5. The molecule has 90 valence electrons. The van der Waals surface area contributed by atoms with Gasteiger partial charge in [0.1, 0.15) is 0 Å². The van der Waals surface area contributed by atoms with Crippen LogP contribution < -0.4 is 4.72 Å². The summed E-state index contributed by atoms with van der Waals surface area (Å²) in [6, 6.07) is 2.87. The summed E-state index contributed by atoms with van der Waals surface area (Å²) in [4.78, 5) is 11.0. The largest absolute Gasteiger partial charge is 0.480 e. The monoisotopic (exact) mass is 283 g/mol. The number of aliphatic carboxylic acids is 1. The van der Waals surface area contributed by atoms with Crippen molar-refractivity contribution in [2.24, 2.45) is 0 Å². The molecule has 0 aromatic carbocycles. The molecule has 0 bridgehead atoms. The molecule has 2 N–H and O–H groups in total. The fourth-order valence-electron chi connectivity index (χ4n) is 1.09. The summed E-state index contributed by atoms with van der Waals surface area (Å²) in [5.74, 6) is -2.32. The highest BCUT2D eigenvalue weighted by Crippen LogP contribution is 2.26. The van der Waals surface area contributed by atoms with Gasteiger partial charge < -0.3 is 5.11 Å². The fraction of sp³-hybridized carbons (Fsp3) is 0.375. The third kappa shape index (κ3) is 4.09. The maximum Gasteiger partial charge on any atom is 0.320 e. The lowest BCUT2D eigenvalue weighted by atomic mass is 10.3. The molecule has 0 aliphatic carbocycles. The molecule has 8 heteroatoms. The van der Waals surface area contributed by atoms with Crippen LogP contribution in [0.1, 0.15) is 17.8 Å². The summed E-state index contributed by atoms with van der Waals surface area (Å²) in [5, 5.41) is 8.40. The molecule has 0 radical (unpaired) electrons. The molecule has 1 rings (SSSR count). The molecule has 1 heterocycles. The molecule has 0 aliphatic heterocycles. The molecule has 1 aromatic rings. The smallest absolute Gasteiger partial charge is 0.320 e. The minimum atomic E-state index is -3.80. The van der Waals surface area contributed by atoms with E-state index in [1.807, 2.05) is 0 Å². The third-order valence-electron chi connectivity index (χ3n) is 1.69. The minimum absolute atomic E-state index is 0.484. The number of carboxylic acid groups (broad SMARTS) is 1. The van der Waals surface area contributed by atoms with E-state index in [1.54, 1.807) is 19.1 Å². The van der Waals surface area contributed by atoms with Crippen molar-refractivity contribution >= 4 is 38.9 Å². The van der Waals surface area contributed by atoms with E-state index in [2.05, 4.69) is 4.72 Å². The van der Waals surface area contributed by atoms with Crippen molar-refractivity contribution in [1.82, 2.24) is 4.72 Å². The number of hydrogen-bond donors (Lipinski definition) is 2. The zero-order valence-electron chi connectivity index (χ0n) is 8.31. The summed E-state index contributed by atoms with van der Waals surface area (Å²) < 4.78 is 25.4. The van der Waals surface area contributed by atoms with E-state index < -0.39 is 27.8 Å². The Balaban J connectivity index is 2.71. The lowest BCUT2D eigenvalue weighted by molar-refractivity contribution is -0.134. The molecular formula is C8H10ClNO4S2. The van der Waals surface area contributed by atoms with Gasteiger partial charge >= 0.3 is 5.97 Å². The summed E-state index contributed by atoms with van der Waals surface area (Å²) in [6.07, 6.45) is 0. The lowest BCUT2D eigenvalue weighted by Gasteiger charge is -2.11. The van der Waals surface area contributed by atoms with Crippen LogP contribution in [-0.2, 0) is 14.8 Å². The van der Waals surface area contributed by atoms with Crippen LogP contribution in [0.2, 0.25) is 4.34 Å². The van der Waals surface area contributed by atoms with Crippen LogP contribution in [0.25, 0.3) is 0 Å². The molecular weight excluding hydrogens is 274 g/mol. The van der Waals surface area contributed by atoms with Gasteiger partial charge in [-0.3, -0.25) is 4.79 Å². The lowest BCUT2D eigenvalue weighted by Crippen LogP contribution is -2.31. The zero-order valence-corrected chi connectivity index (χ0v) is 10.7. The van der Waals surface area contributed by atoms with E-state index >= 15 is 0 Å². The standard InChI is InChI=1S/C8H10ClNO4S2/c1-5(6-2-3-7(9)15-6)10-16(13,14)4-8(11)12/h2-3,5,10H,4H2,1H3,(H,11,12). The van der Waals surface area contributed by atoms with Gasteiger partial charge in [-0.2, -0.15) is 0 Å². The number of carbonyl (C=O) groups is 1. The molecule has 0 saturated heterocycles.